The van der Waals surface area contributed by atoms with E-state index in [0.717, 1.165) is 5.56 Å². The number of carbonyl (C=O) groups excluding carboxylic acids is 1. The molecular formula is C16H15N3O3. The van der Waals surface area contributed by atoms with Crippen LogP contribution in [-0.2, 0) is 0 Å². The Morgan fingerprint density at radius 1 is 1.23 bits per heavy atom. The fraction of sp³-hybridized carbons (Fsp3) is 0.125. The van der Waals surface area contributed by atoms with Crippen molar-refractivity contribution in [1.29, 1.82) is 0 Å². The molecule has 22 heavy (non-hydrogen) atoms. The van der Waals surface area contributed by atoms with Gasteiger partial charge in [0.2, 0.25) is 5.88 Å². The summed E-state index contributed by atoms with van der Waals surface area (Å²) in [7, 11) is 0. The lowest BCUT2D eigenvalue weighted by atomic mass is 10.1. The number of nitrogens with one attached hydrogen (secondary N) is 1. The summed E-state index contributed by atoms with van der Waals surface area (Å²) in [6.07, 6.45) is 1.49. The first kappa shape index (κ1) is 13.9. The van der Waals surface area contributed by atoms with Crippen LogP contribution in [0.25, 0.3) is 11.5 Å². The third-order valence-corrected chi connectivity index (χ3v) is 3.35. The summed E-state index contributed by atoms with van der Waals surface area (Å²) in [6, 6.07) is 12.9. The molecule has 1 aromatic carbocycles. The normalized spacial score (nSPS) is 12.0. The number of carbonyl (C=O) groups is 1. The molecule has 2 heterocycles. The maximum Gasteiger partial charge on any atom is 0.259 e. The summed E-state index contributed by atoms with van der Waals surface area (Å²) in [5.41, 5.74) is 7.19. The van der Waals surface area contributed by atoms with E-state index in [1.807, 2.05) is 37.3 Å². The summed E-state index contributed by atoms with van der Waals surface area (Å²) in [6.45, 7) is 1.89. The number of nitrogen functional groups attached to an aromatic ring is 1. The Hall–Kier alpha value is -3.02. The maximum atomic E-state index is 12.5. The van der Waals surface area contributed by atoms with Crippen molar-refractivity contribution in [2.45, 2.75) is 13.0 Å². The summed E-state index contributed by atoms with van der Waals surface area (Å²) in [4.78, 5) is 12.5. The van der Waals surface area contributed by atoms with Gasteiger partial charge in [0.25, 0.3) is 5.91 Å². The zero-order valence-electron chi connectivity index (χ0n) is 11.9. The molecule has 6 heteroatoms. The molecule has 1 amide bonds. The Morgan fingerprint density at radius 3 is 2.68 bits per heavy atom. The molecule has 1 atom stereocenters. The minimum Gasteiger partial charge on any atom is -0.463 e. The lowest BCUT2D eigenvalue weighted by Crippen LogP contribution is -2.27. The SMILES string of the molecule is CC(NC(=O)c1c(-c2ccco2)noc1N)c1ccccc1. The van der Waals surface area contributed by atoms with Crippen molar-refractivity contribution in [2.75, 3.05) is 5.73 Å². The standard InChI is InChI=1S/C16H15N3O3/c1-10(11-6-3-2-4-7-11)18-16(20)13-14(19-22-15(13)17)12-8-5-9-21-12/h2-10H,17H2,1H3,(H,18,20). The molecule has 0 saturated heterocycles. The largest absolute Gasteiger partial charge is 0.463 e. The van der Waals surface area contributed by atoms with E-state index in [-0.39, 0.29) is 23.4 Å². The van der Waals surface area contributed by atoms with Crippen LogP contribution in [0, 0.1) is 0 Å². The predicted octanol–water partition coefficient (Wildman–Crippen LogP) is 3.01. The van der Waals surface area contributed by atoms with E-state index < -0.39 is 0 Å². The molecule has 0 radical (unpaired) electrons. The van der Waals surface area contributed by atoms with E-state index in [1.54, 1.807) is 12.1 Å². The first-order chi connectivity index (χ1) is 10.7. The minimum atomic E-state index is -0.360. The molecule has 0 fully saturated rings. The minimum absolute atomic E-state index is 0.0378. The van der Waals surface area contributed by atoms with E-state index in [9.17, 15) is 4.79 Å². The summed E-state index contributed by atoms with van der Waals surface area (Å²) < 4.78 is 10.2. The number of furan rings is 1. The van der Waals surface area contributed by atoms with Crippen molar-refractivity contribution in [3.05, 3.63) is 59.9 Å². The second-order valence-corrected chi connectivity index (χ2v) is 4.85. The highest BCUT2D eigenvalue weighted by atomic mass is 16.5. The maximum absolute atomic E-state index is 12.5. The molecular weight excluding hydrogens is 282 g/mol. The Balaban J connectivity index is 1.86. The number of amides is 1. The Labute approximate surface area is 126 Å². The number of hydrogen-bond donors (Lipinski definition) is 2. The van der Waals surface area contributed by atoms with Gasteiger partial charge in [-0.3, -0.25) is 4.79 Å². The van der Waals surface area contributed by atoms with E-state index in [2.05, 4.69) is 10.5 Å². The first-order valence-electron chi connectivity index (χ1n) is 6.81. The third-order valence-electron chi connectivity index (χ3n) is 3.35. The number of benzene rings is 1. The molecule has 3 N–H and O–H groups in total. The third kappa shape index (κ3) is 2.58. The second-order valence-electron chi connectivity index (χ2n) is 4.85. The smallest absolute Gasteiger partial charge is 0.259 e. The van der Waals surface area contributed by atoms with Gasteiger partial charge < -0.3 is 20.0 Å². The van der Waals surface area contributed by atoms with Gasteiger partial charge in [0.15, 0.2) is 11.5 Å². The van der Waals surface area contributed by atoms with Crippen molar-refractivity contribution >= 4 is 11.8 Å². The molecule has 0 aliphatic carbocycles. The summed E-state index contributed by atoms with van der Waals surface area (Å²) in [5, 5.41) is 6.69. The zero-order chi connectivity index (χ0) is 15.5. The van der Waals surface area contributed by atoms with Crippen molar-refractivity contribution in [3.8, 4) is 11.5 Å². The van der Waals surface area contributed by atoms with Gasteiger partial charge in [0.05, 0.1) is 12.3 Å². The quantitative estimate of drug-likeness (QED) is 0.772. The number of hydrogen-bond acceptors (Lipinski definition) is 5. The average Bonchev–Trinajstić information content (AvgIpc) is 3.17. The molecule has 6 nitrogen and oxygen atoms in total. The van der Waals surface area contributed by atoms with Crippen LogP contribution < -0.4 is 11.1 Å². The molecule has 0 saturated carbocycles. The second kappa shape index (κ2) is 5.77. The Kier molecular flexibility index (Phi) is 3.65. The molecule has 3 rings (SSSR count). The van der Waals surface area contributed by atoms with Crippen molar-refractivity contribution in [3.63, 3.8) is 0 Å². The van der Waals surface area contributed by atoms with E-state index in [1.165, 1.54) is 6.26 Å². The number of nitrogens with zero attached hydrogens (tertiary/aromatic N) is 1. The van der Waals surface area contributed by atoms with E-state index >= 15 is 0 Å². The first-order valence-corrected chi connectivity index (χ1v) is 6.81. The van der Waals surface area contributed by atoms with Gasteiger partial charge >= 0.3 is 0 Å². The summed E-state index contributed by atoms with van der Waals surface area (Å²) >= 11 is 0. The molecule has 112 valence electrons. The lowest BCUT2D eigenvalue weighted by molar-refractivity contribution is 0.0941. The molecule has 1 unspecified atom stereocenters. The van der Waals surface area contributed by atoms with Crippen LogP contribution in [0.3, 0.4) is 0 Å². The van der Waals surface area contributed by atoms with Gasteiger partial charge in [-0.2, -0.15) is 0 Å². The van der Waals surface area contributed by atoms with Crippen molar-refractivity contribution in [1.82, 2.24) is 10.5 Å². The topological polar surface area (TPSA) is 94.3 Å². The van der Waals surface area contributed by atoms with E-state index in [4.69, 9.17) is 14.7 Å². The van der Waals surface area contributed by atoms with Crippen LogP contribution in [0.4, 0.5) is 5.88 Å². The number of anilines is 1. The highest BCUT2D eigenvalue weighted by Gasteiger charge is 2.25. The fourth-order valence-electron chi connectivity index (χ4n) is 2.20. The zero-order valence-corrected chi connectivity index (χ0v) is 11.9. The molecule has 2 aromatic heterocycles. The molecule has 0 aliphatic rings. The molecule has 0 bridgehead atoms. The highest BCUT2D eigenvalue weighted by molar-refractivity contribution is 6.03. The van der Waals surface area contributed by atoms with Crippen molar-refractivity contribution < 1.29 is 13.7 Å². The predicted molar refractivity (Wildman–Crippen MR) is 80.9 cm³/mol. The van der Waals surface area contributed by atoms with Gasteiger partial charge in [-0.25, -0.2) is 0 Å². The van der Waals surface area contributed by atoms with Gasteiger partial charge in [-0.1, -0.05) is 35.5 Å². The van der Waals surface area contributed by atoms with Crippen LogP contribution >= 0.6 is 0 Å². The van der Waals surface area contributed by atoms with Gasteiger partial charge in [0.1, 0.15) is 5.56 Å². The van der Waals surface area contributed by atoms with Gasteiger partial charge in [0, 0.05) is 0 Å². The lowest BCUT2D eigenvalue weighted by Gasteiger charge is -2.13. The van der Waals surface area contributed by atoms with E-state index in [0.29, 0.717) is 11.5 Å². The fourth-order valence-corrected chi connectivity index (χ4v) is 2.20. The Bertz CT molecular complexity index is 763. The van der Waals surface area contributed by atoms with Crippen LogP contribution in [-0.4, -0.2) is 11.1 Å². The average molecular weight is 297 g/mol. The number of nitrogens with two attached hydrogens (primary N) is 1. The van der Waals surface area contributed by atoms with Crippen LogP contribution in [0.1, 0.15) is 28.9 Å². The van der Waals surface area contributed by atoms with Crippen LogP contribution in [0.15, 0.2) is 57.7 Å². The van der Waals surface area contributed by atoms with Crippen molar-refractivity contribution in [2.24, 2.45) is 0 Å². The molecule has 0 aliphatic heterocycles. The monoisotopic (exact) mass is 297 g/mol. The van der Waals surface area contributed by atoms with Gasteiger partial charge in [-0.05, 0) is 24.6 Å². The molecule has 3 aromatic rings. The Morgan fingerprint density at radius 2 is 2.00 bits per heavy atom. The van der Waals surface area contributed by atoms with Crippen LogP contribution in [0.5, 0.6) is 0 Å². The summed E-state index contributed by atoms with van der Waals surface area (Å²) in [5.74, 6) is 0.0311. The molecule has 0 spiro atoms. The van der Waals surface area contributed by atoms with Gasteiger partial charge in [-0.15, -0.1) is 0 Å². The highest BCUT2D eigenvalue weighted by Crippen LogP contribution is 2.28. The number of rotatable bonds is 4. The number of aromatic nitrogens is 1. The van der Waals surface area contributed by atoms with Crippen LogP contribution in [0.2, 0.25) is 0 Å².